The standard InChI is InChI=1S/C14H15N3O2/c1-9-5-4-8-17-12(9)15-16-13(17)10-6-2-3-7-11(10)14(18)19/h2-3,6-7,9H,4-5,8H2,1H3,(H,18,19). The van der Waals surface area contributed by atoms with Crippen LogP contribution in [0.5, 0.6) is 0 Å². The van der Waals surface area contributed by atoms with Gasteiger partial charge in [-0.2, -0.15) is 0 Å². The molecule has 0 fully saturated rings. The SMILES string of the molecule is CC1CCCn2c(-c3ccccc3C(=O)O)nnc21. The molecule has 1 aliphatic rings. The zero-order valence-corrected chi connectivity index (χ0v) is 10.7. The lowest BCUT2D eigenvalue weighted by Crippen LogP contribution is -2.15. The topological polar surface area (TPSA) is 68.0 Å². The van der Waals surface area contributed by atoms with Crippen molar-refractivity contribution in [1.82, 2.24) is 14.8 Å². The largest absolute Gasteiger partial charge is 0.478 e. The molecular formula is C14H15N3O2. The van der Waals surface area contributed by atoms with Crippen LogP contribution in [0.1, 0.15) is 41.9 Å². The molecule has 0 aliphatic carbocycles. The number of aromatic carboxylic acids is 1. The summed E-state index contributed by atoms with van der Waals surface area (Å²) in [5.41, 5.74) is 0.916. The number of hydrogen-bond acceptors (Lipinski definition) is 3. The quantitative estimate of drug-likeness (QED) is 0.897. The van der Waals surface area contributed by atoms with Gasteiger partial charge in [-0.1, -0.05) is 25.1 Å². The van der Waals surface area contributed by atoms with Gasteiger partial charge in [-0.25, -0.2) is 4.79 Å². The Morgan fingerprint density at radius 3 is 2.95 bits per heavy atom. The number of nitrogens with zero attached hydrogens (tertiary/aromatic N) is 3. The summed E-state index contributed by atoms with van der Waals surface area (Å²) in [5, 5.41) is 17.7. The summed E-state index contributed by atoms with van der Waals surface area (Å²) in [5.74, 6) is 1.07. The lowest BCUT2D eigenvalue weighted by Gasteiger charge is -2.20. The molecule has 2 heterocycles. The molecule has 3 rings (SSSR count). The van der Waals surface area contributed by atoms with Crippen LogP contribution in [0, 0.1) is 0 Å². The number of carbonyl (C=O) groups is 1. The summed E-state index contributed by atoms with van der Waals surface area (Å²) in [4.78, 5) is 11.3. The number of aromatic nitrogens is 3. The van der Waals surface area contributed by atoms with Gasteiger partial charge in [0.15, 0.2) is 5.82 Å². The average molecular weight is 257 g/mol. The van der Waals surface area contributed by atoms with Gasteiger partial charge >= 0.3 is 5.97 Å². The van der Waals surface area contributed by atoms with Gasteiger partial charge in [-0.3, -0.25) is 0 Å². The molecule has 0 radical (unpaired) electrons. The predicted molar refractivity (Wildman–Crippen MR) is 70.1 cm³/mol. The van der Waals surface area contributed by atoms with E-state index >= 15 is 0 Å². The first-order valence-electron chi connectivity index (χ1n) is 6.44. The minimum absolute atomic E-state index is 0.274. The third-order valence-corrected chi connectivity index (χ3v) is 3.64. The molecule has 1 atom stereocenters. The summed E-state index contributed by atoms with van der Waals surface area (Å²) < 4.78 is 2.05. The highest BCUT2D eigenvalue weighted by atomic mass is 16.4. The van der Waals surface area contributed by atoms with Gasteiger partial charge in [0.1, 0.15) is 5.82 Å². The van der Waals surface area contributed by atoms with E-state index < -0.39 is 5.97 Å². The molecule has 0 saturated carbocycles. The van der Waals surface area contributed by atoms with Gasteiger partial charge in [0, 0.05) is 18.0 Å². The number of rotatable bonds is 2. The monoisotopic (exact) mass is 257 g/mol. The van der Waals surface area contributed by atoms with E-state index in [0.717, 1.165) is 25.2 Å². The van der Waals surface area contributed by atoms with E-state index in [4.69, 9.17) is 0 Å². The van der Waals surface area contributed by atoms with Crippen molar-refractivity contribution in [1.29, 1.82) is 0 Å². The summed E-state index contributed by atoms with van der Waals surface area (Å²) in [6.07, 6.45) is 2.19. The van der Waals surface area contributed by atoms with Gasteiger partial charge in [-0.15, -0.1) is 10.2 Å². The molecule has 1 aliphatic heterocycles. The fourth-order valence-electron chi connectivity index (χ4n) is 2.65. The zero-order valence-electron chi connectivity index (χ0n) is 10.7. The molecular weight excluding hydrogens is 242 g/mol. The number of fused-ring (bicyclic) bond motifs is 1. The van der Waals surface area contributed by atoms with Crippen LogP contribution in [-0.4, -0.2) is 25.8 Å². The Labute approximate surface area is 110 Å². The fourth-order valence-corrected chi connectivity index (χ4v) is 2.65. The molecule has 98 valence electrons. The van der Waals surface area contributed by atoms with E-state index in [1.165, 1.54) is 0 Å². The number of carboxylic acids is 1. The van der Waals surface area contributed by atoms with Crippen molar-refractivity contribution in [2.45, 2.75) is 32.2 Å². The molecule has 0 saturated heterocycles. The highest BCUT2D eigenvalue weighted by molar-refractivity contribution is 5.95. The van der Waals surface area contributed by atoms with Gasteiger partial charge in [0.25, 0.3) is 0 Å². The van der Waals surface area contributed by atoms with Gasteiger partial charge in [-0.05, 0) is 18.9 Å². The molecule has 5 heteroatoms. The van der Waals surface area contributed by atoms with Crippen molar-refractivity contribution in [2.75, 3.05) is 0 Å². The van der Waals surface area contributed by atoms with Crippen molar-refractivity contribution in [3.05, 3.63) is 35.7 Å². The van der Waals surface area contributed by atoms with Crippen molar-refractivity contribution in [3.63, 3.8) is 0 Å². The molecule has 0 spiro atoms. The molecule has 1 aromatic heterocycles. The van der Waals surface area contributed by atoms with Gasteiger partial charge < -0.3 is 9.67 Å². The lowest BCUT2D eigenvalue weighted by atomic mass is 10.0. The van der Waals surface area contributed by atoms with Crippen LogP contribution in [0.3, 0.4) is 0 Å². The molecule has 1 aromatic carbocycles. The van der Waals surface area contributed by atoms with Crippen LogP contribution in [0.2, 0.25) is 0 Å². The predicted octanol–water partition coefficient (Wildman–Crippen LogP) is 2.54. The van der Waals surface area contributed by atoms with E-state index in [9.17, 15) is 9.90 Å². The summed E-state index contributed by atoms with van der Waals surface area (Å²) in [7, 11) is 0. The van der Waals surface area contributed by atoms with Gasteiger partial charge in [0.05, 0.1) is 5.56 Å². The third kappa shape index (κ3) is 1.91. The zero-order chi connectivity index (χ0) is 13.4. The maximum atomic E-state index is 11.3. The molecule has 2 aromatic rings. The molecule has 0 amide bonds. The Balaban J connectivity index is 2.16. The van der Waals surface area contributed by atoms with Crippen LogP contribution >= 0.6 is 0 Å². The first-order valence-corrected chi connectivity index (χ1v) is 6.44. The lowest BCUT2D eigenvalue weighted by molar-refractivity contribution is 0.0697. The Morgan fingerprint density at radius 1 is 1.37 bits per heavy atom. The Bertz CT molecular complexity index is 633. The highest BCUT2D eigenvalue weighted by Gasteiger charge is 2.24. The van der Waals surface area contributed by atoms with Gasteiger partial charge in [0.2, 0.25) is 0 Å². The molecule has 5 nitrogen and oxygen atoms in total. The van der Waals surface area contributed by atoms with Crippen molar-refractivity contribution in [3.8, 4) is 11.4 Å². The smallest absolute Gasteiger partial charge is 0.336 e. The van der Waals surface area contributed by atoms with Crippen molar-refractivity contribution in [2.24, 2.45) is 0 Å². The van der Waals surface area contributed by atoms with Crippen LogP contribution < -0.4 is 0 Å². The minimum atomic E-state index is -0.934. The van der Waals surface area contributed by atoms with E-state index in [0.29, 0.717) is 17.3 Å². The molecule has 0 bridgehead atoms. The highest BCUT2D eigenvalue weighted by Crippen LogP contribution is 2.30. The van der Waals surface area contributed by atoms with Crippen molar-refractivity contribution < 1.29 is 9.90 Å². The summed E-state index contributed by atoms with van der Waals surface area (Å²) in [6, 6.07) is 6.95. The molecule has 1 N–H and O–H groups in total. The number of carboxylic acid groups (broad SMARTS) is 1. The van der Waals surface area contributed by atoms with E-state index in [2.05, 4.69) is 21.7 Å². The second-order valence-electron chi connectivity index (χ2n) is 4.93. The normalized spacial score (nSPS) is 18.1. The fraction of sp³-hybridized carbons (Fsp3) is 0.357. The average Bonchev–Trinajstić information content (AvgIpc) is 2.84. The Morgan fingerprint density at radius 2 is 2.16 bits per heavy atom. The summed E-state index contributed by atoms with van der Waals surface area (Å²) >= 11 is 0. The number of benzene rings is 1. The van der Waals surface area contributed by atoms with E-state index in [1.54, 1.807) is 18.2 Å². The first-order chi connectivity index (χ1) is 9.18. The van der Waals surface area contributed by atoms with E-state index in [-0.39, 0.29) is 5.56 Å². The Hall–Kier alpha value is -2.17. The second kappa shape index (κ2) is 4.50. The molecule has 19 heavy (non-hydrogen) atoms. The maximum Gasteiger partial charge on any atom is 0.336 e. The summed E-state index contributed by atoms with van der Waals surface area (Å²) in [6.45, 7) is 2.99. The van der Waals surface area contributed by atoms with Crippen LogP contribution in [-0.2, 0) is 6.54 Å². The second-order valence-corrected chi connectivity index (χ2v) is 4.93. The Kier molecular flexibility index (Phi) is 2.81. The molecule has 1 unspecified atom stereocenters. The first kappa shape index (κ1) is 11.9. The van der Waals surface area contributed by atoms with Crippen LogP contribution in [0.15, 0.2) is 24.3 Å². The maximum absolute atomic E-state index is 11.3. The van der Waals surface area contributed by atoms with E-state index in [1.807, 2.05) is 6.07 Å². The van der Waals surface area contributed by atoms with Crippen LogP contribution in [0.4, 0.5) is 0 Å². The number of hydrogen-bond donors (Lipinski definition) is 1. The van der Waals surface area contributed by atoms with Crippen LogP contribution in [0.25, 0.3) is 11.4 Å². The van der Waals surface area contributed by atoms with Crippen molar-refractivity contribution >= 4 is 5.97 Å². The third-order valence-electron chi connectivity index (χ3n) is 3.64. The minimum Gasteiger partial charge on any atom is -0.478 e.